The van der Waals surface area contributed by atoms with Gasteiger partial charge in [0.2, 0.25) is 0 Å². The van der Waals surface area contributed by atoms with Crippen LogP contribution in [-0.2, 0) is 5.75 Å². The van der Waals surface area contributed by atoms with E-state index in [9.17, 15) is 0 Å². The minimum absolute atomic E-state index is 0.595. The molecule has 0 aliphatic rings. The lowest BCUT2D eigenvalue weighted by Gasteiger charge is -2.06. The molecule has 0 atom stereocenters. The molecule has 1 nitrogen and oxygen atoms in total. The summed E-state index contributed by atoms with van der Waals surface area (Å²) in [5.41, 5.74) is 2.50. The first-order valence-electron chi connectivity index (χ1n) is 5.98. The first-order chi connectivity index (χ1) is 8.65. The molecule has 3 heteroatoms. The Hall–Kier alpha value is -0.800. The van der Waals surface area contributed by atoms with Gasteiger partial charge >= 0.3 is 0 Å². The van der Waals surface area contributed by atoms with Crippen LogP contribution in [0.1, 0.15) is 31.0 Å². The molecule has 0 bridgehead atoms. The third-order valence-corrected chi connectivity index (χ3v) is 4.24. The Balaban J connectivity index is 1.95. The molecule has 94 valence electrons. The number of pyridine rings is 1. The molecule has 0 fully saturated rings. The summed E-state index contributed by atoms with van der Waals surface area (Å²) in [7, 11) is 0. The summed E-state index contributed by atoms with van der Waals surface area (Å²) in [6, 6.07) is 12.9. The summed E-state index contributed by atoms with van der Waals surface area (Å²) in [6.45, 7) is 4.43. The molecule has 0 spiro atoms. The van der Waals surface area contributed by atoms with E-state index < -0.39 is 0 Å². The Morgan fingerprint density at radius 1 is 1.11 bits per heavy atom. The summed E-state index contributed by atoms with van der Waals surface area (Å²) in [4.78, 5) is 5.67. The van der Waals surface area contributed by atoms with Crippen molar-refractivity contribution in [1.82, 2.24) is 4.98 Å². The van der Waals surface area contributed by atoms with Crippen molar-refractivity contribution in [2.45, 2.75) is 30.4 Å². The maximum Gasteiger partial charge on any atom is 0.0507 e. The van der Waals surface area contributed by atoms with Crippen molar-refractivity contribution in [2.24, 2.45) is 0 Å². The number of halogens is 1. The summed E-state index contributed by atoms with van der Waals surface area (Å²) in [5, 5.41) is 0. The van der Waals surface area contributed by atoms with Gasteiger partial charge in [-0.2, -0.15) is 0 Å². The van der Waals surface area contributed by atoms with Crippen molar-refractivity contribution >= 4 is 27.7 Å². The topological polar surface area (TPSA) is 12.9 Å². The van der Waals surface area contributed by atoms with Gasteiger partial charge in [-0.3, -0.25) is 4.98 Å². The maximum atomic E-state index is 4.37. The molecule has 2 rings (SSSR count). The van der Waals surface area contributed by atoms with Gasteiger partial charge in [0.1, 0.15) is 0 Å². The molecule has 0 aliphatic heterocycles. The van der Waals surface area contributed by atoms with E-state index in [4.69, 9.17) is 0 Å². The Morgan fingerprint density at radius 3 is 2.39 bits per heavy atom. The van der Waals surface area contributed by atoms with Gasteiger partial charge in [-0.15, -0.1) is 11.8 Å². The molecule has 1 heterocycles. The standard InChI is InChI=1S/C15H16BrNS/c1-11(2)12-3-7-15(8-4-12)18-10-14-6-5-13(16)9-17-14/h3-9,11H,10H2,1-2H3. The van der Waals surface area contributed by atoms with Crippen LogP contribution in [0.5, 0.6) is 0 Å². The van der Waals surface area contributed by atoms with Crippen LogP contribution in [0.4, 0.5) is 0 Å². The zero-order chi connectivity index (χ0) is 13.0. The molecule has 0 aliphatic carbocycles. The number of aromatic nitrogens is 1. The third kappa shape index (κ3) is 3.85. The molecule has 0 N–H and O–H groups in total. The van der Waals surface area contributed by atoms with Crippen LogP contribution in [0.15, 0.2) is 52.0 Å². The van der Waals surface area contributed by atoms with E-state index in [1.807, 2.05) is 24.0 Å². The van der Waals surface area contributed by atoms with Crippen LogP contribution >= 0.6 is 27.7 Å². The first kappa shape index (κ1) is 13.6. The highest BCUT2D eigenvalue weighted by Gasteiger charge is 2.00. The number of hydrogen-bond acceptors (Lipinski definition) is 2. The molecule has 0 saturated carbocycles. The van der Waals surface area contributed by atoms with E-state index in [0.29, 0.717) is 5.92 Å². The van der Waals surface area contributed by atoms with Crippen molar-refractivity contribution < 1.29 is 0 Å². The Bertz CT molecular complexity index is 491. The molecule has 0 unspecified atom stereocenters. The highest BCUT2D eigenvalue weighted by molar-refractivity contribution is 9.10. The third-order valence-electron chi connectivity index (χ3n) is 2.72. The minimum atomic E-state index is 0.595. The minimum Gasteiger partial charge on any atom is -0.259 e. The van der Waals surface area contributed by atoms with E-state index in [2.05, 4.69) is 65.1 Å². The van der Waals surface area contributed by atoms with Gasteiger partial charge < -0.3 is 0 Å². The van der Waals surface area contributed by atoms with E-state index in [1.165, 1.54) is 10.5 Å². The van der Waals surface area contributed by atoms with Gasteiger partial charge in [0.25, 0.3) is 0 Å². The fraction of sp³-hybridized carbons (Fsp3) is 0.267. The van der Waals surface area contributed by atoms with Crippen LogP contribution in [0.25, 0.3) is 0 Å². The fourth-order valence-electron chi connectivity index (χ4n) is 1.60. The first-order valence-corrected chi connectivity index (χ1v) is 7.76. The van der Waals surface area contributed by atoms with Crippen molar-refractivity contribution in [1.29, 1.82) is 0 Å². The van der Waals surface area contributed by atoms with Gasteiger partial charge in [-0.1, -0.05) is 26.0 Å². The largest absolute Gasteiger partial charge is 0.259 e. The van der Waals surface area contributed by atoms with Gasteiger partial charge in [-0.05, 0) is 51.7 Å². The predicted octanol–water partition coefficient (Wildman–Crippen LogP) is 5.26. The zero-order valence-corrected chi connectivity index (χ0v) is 13.0. The summed E-state index contributed by atoms with van der Waals surface area (Å²) < 4.78 is 1.03. The second-order valence-electron chi connectivity index (χ2n) is 4.48. The monoisotopic (exact) mass is 321 g/mol. The van der Waals surface area contributed by atoms with Crippen LogP contribution in [-0.4, -0.2) is 4.98 Å². The Kier molecular flexibility index (Phi) is 4.84. The van der Waals surface area contributed by atoms with E-state index in [1.54, 1.807) is 0 Å². The molecule has 0 radical (unpaired) electrons. The number of hydrogen-bond donors (Lipinski definition) is 0. The molecule has 2 aromatic rings. The van der Waals surface area contributed by atoms with E-state index in [0.717, 1.165) is 15.9 Å². The quantitative estimate of drug-likeness (QED) is 0.712. The zero-order valence-electron chi connectivity index (χ0n) is 10.6. The van der Waals surface area contributed by atoms with Gasteiger partial charge in [0, 0.05) is 21.3 Å². The second kappa shape index (κ2) is 6.39. The van der Waals surface area contributed by atoms with Crippen LogP contribution in [0.2, 0.25) is 0 Å². The van der Waals surface area contributed by atoms with E-state index >= 15 is 0 Å². The molecule has 0 amide bonds. The fourth-order valence-corrected chi connectivity index (χ4v) is 2.65. The SMILES string of the molecule is CC(C)c1ccc(SCc2ccc(Br)cn2)cc1. The van der Waals surface area contributed by atoms with Crippen LogP contribution in [0.3, 0.4) is 0 Å². The number of thioether (sulfide) groups is 1. The molecular formula is C15H16BrNS. The van der Waals surface area contributed by atoms with Gasteiger partial charge in [0.15, 0.2) is 0 Å². The average Bonchev–Trinajstić information content (AvgIpc) is 2.38. The number of benzene rings is 1. The lowest BCUT2D eigenvalue weighted by Crippen LogP contribution is -1.87. The highest BCUT2D eigenvalue weighted by Crippen LogP contribution is 2.24. The highest BCUT2D eigenvalue weighted by atomic mass is 79.9. The van der Waals surface area contributed by atoms with Crippen molar-refractivity contribution in [3.8, 4) is 0 Å². The Morgan fingerprint density at radius 2 is 1.83 bits per heavy atom. The summed E-state index contributed by atoms with van der Waals surface area (Å²) >= 11 is 5.22. The molecule has 1 aromatic heterocycles. The molecule has 18 heavy (non-hydrogen) atoms. The maximum absolute atomic E-state index is 4.37. The number of nitrogens with zero attached hydrogens (tertiary/aromatic N) is 1. The normalized spacial score (nSPS) is 10.9. The summed E-state index contributed by atoms with van der Waals surface area (Å²) in [6.07, 6.45) is 1.84. The lowest BCUT2D eigenvalue weighted by molar-refractivity contribution is 0.865. The predicted molar refractivity (Wildman–Crippen MR) is 82.0 cm³/mol. The van der Waals surface area contributed by atoms with Crippen LogP contribution in [0, 0.1) is 0 Å². The second-order valence-corrected chi connectivity index (χ2v) is 6.44. The van der Waals surface area contributed by atoms with Crippen LogP contribution < -0.4 is 0 Å². The van der Waals surface area contributed by atoms with E-state index in [-0.39, 0.29) is 0 Å². The summed E-state index contributed by atoms with van der Waals surface area (Å²) in [5.74, 6) is 1.51. The average molecular weight is 322 g/mol. The van der Waals surface area contributed by atoms with Gasteiger partial charge in [-0.25, -0.2) is 0 Å². The van der Waals surface area contributed by atoms with Crippen molar-refractivity contribution in [3.63, 3.8) is 0 Å². The molecular weight excluding hydrogens is 306 g/mol. The Labute approximate surface area is 121 Å². The lowest BCUT2D eigenvalue weighted by atomic mass is 10.0. The van der Waals surface area contributed by atoms with Gasteiger partial charge in [0.05, 0.1) is 5.69 Å². The van der Waals surface area contributed by atoms with Crippen molar-refractivity contribution in [3.05, 3.63) is 58.3 Å². The number of rotatable bonds is 4. The molecule has 0 saturated heterocycles. The van der Waals surface area contributed by atoms with Crippen molar-refractivity contribution in [2.75, 3.05) is 0 Å². The molecule has 1 aromatic carbocycles. The smallest absolute Gasteiger partial charge is 0.0507 e.